The van der Waals surface area contributed by atoms with Gasteiger partial charge < -0.3 is 9.80 Å². The molecule has 1 saturated carbocycles. The molecule has 2 heterocycles. The van der Waals surface area contributed by atoms with E-state index in [0.717, 1.165) is 56.4 Å². The Morgan fingerprint density at radius 3 is 2.52 bits per heavy atom. The smallest absolute Gasteiger partial charge is 0.240 e. The van der Waals surface area contributed by atoms with Gasteiger partial charge in [0.15, 0.2) is 0 Å². The van der Waals surface area contributed by atoms with Crippen molar-refractivity contribution < 1.29 is 18.0 Å². The van der Waals surface area contributed by atoms with Gasteiger partial charge in [-0.15, -0.1) is 0 Å². The maximum absolute atomic E-state index is 13.0. The molecule has 0 unspecified atom stereocenters. The van der Waals surface area contributed by atoms with E-state index in [1.54, 1.807) is 30.1 Å². The number of likely N-dealkylation sites (tertiary alicyclic amines) is 1. The van der Waals surface area contributed by atoms with Gasteiger partial charge in [-0.05, 0) is 88.0 Å². The molecule has 2 fully saturated rings. The molecule has 1 atom stereocenters. The van der Waals surface area contributed by atoms with E-state index in [1.165, 1.54) is 6.42 Å². The summed E-state index contributed by atoms with van der Waals surface area (Å²) < 4.78 is 28.8. The summed E-state index contributed by atoms with van der Waals surface area (Å²) in [6.45, 7) is 7.99. The first-order chi connectivity index (χ1) is 15.5. The molecule has 2 amide bonds. The van der Waals surface area contributed by atoms with Gasteiger partial charge in [0, 0.05) is 38.3 Å². The molecular weight excluding hydrogens is 438 g/mol. The molecule has 3 aliphatic rings. The van der Waals surface area contributed by atoms with Crippen LogP contribution in [0, 0.1) is 17.8 Å². The van der Waals surface area contributed by atoms with Crippen molar-refractivity contribution in [3.05, 3.63) is 23.8 Å². The third-order valence-electron chi connectivity index (χ3n) is 7.88. The van der Waals surface area contributed by atoms with Crippen LogP contribution < -0.4 is 9.62 Å². The summed E-state index contributed by atoms with van der Waals surface area (Å²) in [6, 6.07) is 4.92. The number of nitrogens with one attached hydrogen (secondary N) is 1. The average molecular weight is 476 g/mol. The summed E-state index contributed by atoms with van der Waals surface area (Å²) in [5, 5.41) is 0. The number of fused-ring (bicyclic) bond motifs is 1. The number of benzene rings is 1. The van der Waals surface area contributed by atoms with Crippen molar-refractivity contribution in [2.45, 2.75) is 69.6 Å². The molecule has 1 N–H and O–H groups in total. The number of likely N-dealkylation sites (N-methyl/N-ethyl adjacent to an activating group) is 1. The lowest BCUT2D eigenvalue weighted by Gasteiger charge is -2.36. The lowest BCUT2D eigenvalue weighted by Crippen LogP contribution is -2.43. The summed E-state index contributed by atoms with van der Waals surface area (Å²) >= 11 is 0. The van der Waals surface area contributed by atoms with Crippen LogP contribution in [-0.2, 0) is 25.0 Å². The van der Waals surface area contributed by atoms with Gasteiger partial charge >= 0.3 is 0 Å². The molecule has 0 spiro atoms. The van der Waals surface area contributed by atoms with Crippen LogP contribution in [0.15, 0.2) is 23.1 Å². The Hall–Kier alpha value is -1.93. The van der Waals surface area contributed by atoms with Crippen LogP contribution in [-0.4, -0.2) is 51.8 Å². The van der Waals surface area contributed by atoms with E-state index >= 15 is 0 Å². The van der Waals surface area contributed by atoms with Gasteiger partial charge in [0.1, 0.15) is 0 Å². The second-order valence-corrected chi connectivity index (χ2v) is 12.5. The first-order valence-corrected chi connectivity index (χ1v) is 13.7. The molecule has 0 bridgehead atoms. The molecule has 2 aliphatic heterocycles. The van der Waals surface area contributed by atoms with Crippen LogP contribution in [0.5, 0.6) is 0 Å². The zero-order valence-electron chi connectivity index (χ0n) is 20.3. The molecule has 1 saturated heterocycles. The zero-order valence-corrected chi connectivity index (χ0v) is 21.1. The maximum atomic E-state index is 13.0. The summed E-state index contributed by atoms with van der Waals surface area (Å²) in [4.78, 5) is 29.2. The highest BCUT2D eigenvalue weighted by Gasteiger charge is 2.42. The van der Waals surface area contributed by atoms with Crippen molar-refractivity contribution in [1.82, 2.24) is 9.62 Å². The van der Waals surface area contributed by atoms with Crippen LogP contribution >= 0.6 is 0 Å². The van der Waals surface area contributed by atoms with Crippen molar-refractivity contribution in [1.29, 1.82) is 0 Å². The predicted octanol–water partition coefficient (Wildman–Crippen LogP) is 3.28. The minimum Gasteiger partial charge on any atom is -0.342 e. The Morgan fingerprint density at radius 1 is 1.15 bits per heavy atom. The quantitative estimate of drug-likeness (QED) is 0.708. The lowest BCUT2D eigenvalue weighted by molar-refractivity contribution is -0.138. The number of piperidine rings is 1. The molecule has 0 radical (unpaired) electrons. The number of carbonyl (C=O) groups excluding carboxylic acids is 2. The summed E-state index contributed by atoms with van der Waals surface area (Å²) in [5.74, 6) is 1.15. The van der Waals surface area contributed by atoms with Crippen LogP contribution in [0.3, 0.4) is 0 Å². The average Bonchev–Trinajstić information content (AvgIpc) is 2.97. The number of rotatable bonds is 5. The van der Waals surface area contributed by atoms with Gasteiger partial charge in [-0.3, -0.25) is 9.59 Å². The Balaban J connectivity index is 1.33. The Kier molecular flexibility index (Phi) is 6.62. The van der Waals surface area contributed by atoms with Gasteiger partial charge in [-0.1, -0.05) is 6.92 Å². The van der Waals surface area contributed by atoms with E-state index in [9.17, 15) is 18.0 Å². The lowest BCUT2D eigenvalue weighted by atomic mass is 9.81. The molecular formula is C25H37N3O4S. The molecule has 1 aromatic carbocycles. The van der Waals surface area contributed by atoms with Crippen LogP contribution in [0.4, 0.5) is 5.69 Å². The number of anilines is 1. The number of carbonyl (C=O) groups is 2. The van der Waals surface area contributed by atoms with Crippen LogP contribution in [0.2, 0.25) is 0 Å². The van der Waals surface area contributed by atoms with Gasteiger partial charge in [0.05, 0.1) is 10.3 Å². The van der Waals surface area contributed by atoms with E-state index in [1.807, 2.05) is 18.7 Å². The monoisotopic (exact) mass is 475 g/mol. The molecule has 7 nitrogen and oxygen atoms in total. The fourth-order valence-corrected chi connectivity index (χ4v) is 6.83. The summed E-state index contributed by atoms with van der Waals surface area (Å²) in [6.07, 6.45) is 5.67. The first kappa shape index (κ1) is 24.2. The third-order valence-corrected chi connectivity index (χ3v) is 9.30. The molecule has 1 aromatic rings. The second-order valence-electron chi connectivity index (χ2n) is 10.8. The Morgan fingerprint density at radius 2 is 1.85 bits per heavy atom. The van der Waals surface area contributed by atoms with Gasteiger partial charge in [0.25, 0.3) is 0 Å². The number of hydrogen-bond acceptors (Lipinski definition) is 4. The fourth-order valence-electron chi connectivity index (χ4n) is 5.69. The van der Waals surface area contributed by atoms with Crippen molar-refractivity contribution >= 4 is 27.5 Å². The normalized spacial score (nSPS) is 27.5. The van der Waals surface area contributed by atoms with Crippen LogP contribution in [0.1, 0.15) is 64.9 Å². The van der Waals surface area contributed by atoms with Gasteiger partial charge in [0.2, 0.25) is 21.8 Å². The highest BCUT2D eigenvalue weighted by molar-refractivity contribution is 7.89. The van der Waals surface area contributed by atoms with E-state index in [2.05, 4.69) is 11.6 Å². The highest BCUT2D eigenvalue weighted by atomic mass is 32.2. The summed E-state index contributed by atoms with van der Waals surface area (Å²) in [7, 11) is -1.96. The van der Waals surface area contributed by atoms with Crippen molar-refractivity contribution in [3.63, 3.8) is 0 Å². The van der Waals surface area contributed by atoms with Gasteiger partial charge in [-0.2, -0.15) is 0 Å². The SMILES string of the molecule is C[C@@H]1CCCN(C(=O)C2CCC(CNS(=O)(=O)c3ccc4c(c3)C(C)(C)C(=O)N4C)CC2)C1. The standard InChI is InChI=1S/C25H37N3O4S/c1-17-6-5-13-28(16-17)23(29)19-9-7-18(8-10-19)15-26-33(31,32)20-11-12-22-21(14-20)25(2,3)24(30)27(22)4/h11-12,14,17-19,26H,5-10,13,15-16H2,1-4H3/t17-,18?,19?/m1/s1. The van der Waals surface area contributed by atoms with Crippen LogP contribution in [0.25, 0.3) is 0 Å². The van der Waals surface area contributed by atoms with Crippen molar-refractivity contribution in [2.75, 3.05) is 31.6 Å². The topological polar surface area (TPSA) is 86.8 Å². The second kappa shape index (κ2) is 9.02. The summed E-state index contributed by atoms with van der Waals surface area (Å²) in [5.41, 5.74) is 0.756. The molecule has 8 heteroatoms. The largest absolute Gasteiger partial charge is 0.342 e. The molecule has 33 heavy (non-hydrogen) atoms. The molecule has 0 aromatic heterocycles. The minimum absolute atomic E-state index is 0.0367. The zero-order chi connectivity index (χ0) is 24.0. The molecule has 4 rings (SSSR count). The maximum Gasteiger partial charge on any atom is 0.240 e. The third kappa shape index (κ3) is 4.69. The molecule has 182 valence electrons. The number of amides is 2. The predicted molar refractivity (Wildman–Crippen MR) is 128 cm³/mol. The number of nitrogens with zero attached hydrogens (tertiary/aromatic N) is 2. The van der Waals surface area contributed by atoms with E-state index in [4.69, 9.17) is 0 Å². The van der Waals surface area contributed by atoms with E-state index < -0.39 is 15.4 Å². The fraction of sp³-hybridized carbons (Fsp3) is 0.680. The highest BCUT2D eigenvalue weighted by Crippen LogP contribution is 2.41. The Bertz CT molecular complexity index is 1030. The number of sulfonamides is 1. The van der Waals surface area contributed by atoms with E-state index in [0.29, 0.717) is 18.4 Å². The molecule has 1 aliphatic carbocycles. The van der Waals surface area contributed by atoms with Crippen molar-refractivity contribution in [2.24, 2.45) is 17.8 Å². The minimum atomic E-state index is -3.67. The van der Waals surface area contributed by atoms with E-state index in [-0.39, 0.29) is 22.6 Å². The van der Waals surface area contributed by atoms with Gasteiger partial charge in [-0.25, -0.2) is 13.1 Å². The first-order valence-electron chi connectivity index (χ1n) is 12.2. The number of hydrogen-bond donors (Lipinski definition) is 1. The Labute approximate surface area is 198 Å². The van der Waals surface area contributed by atoms with Crippen molar-refractivity contribution in [3.8, 4) is 0 Å².